The Morgan fingerprint density at radius 3 is 2.00 bits per heavy atom. The van der Waals surface area contributed by atoms with Crippen molar-refractivity contribution in [1.29, 1.82) is 0 Å². The van der Waals surface area contributed by atoms with E-state index >= 15 is 0 Å². The molecule has 0 aliphatic carbocycles. The van der Waals surface area contributed by atoms with E-state index in [0.717, 1.165) is 0 Å². The Morgan fingerprint density at radius 2 is 1.78 bits per heavy atom. The molecule has 0 aliphatic heterocycles. The van der Waals surface area contributed by atoms with Gasteiger partial charge in [-0.3, -0.25) is 0 Å². The second-order valence-electron chi connectivity index (χ2n) is 0.888. The SMILES string of the molecule is NONC(=NO)NON. The minimum atomic E-state index is -0.264. The Bertz CT molecular complexity index is 84.2. The first-order valence-corrected chi connectivity index (χ1v) is 1.80. The molecule has 0 radical (unpaired) electrons. The lowest BCUT2D eigenvalue weighted by Crippen LogP contribution is -2.40. The molecule has 0 heterocycles. The van der Waals surface area contributed by atoms with Crippen LogP contribution in [0.4, 0.5) is 0 Å². The zero-order valence-electron chi connectivity index (χ0n) is 4.37. The number of guanidine groups is 1. The first-order chi connectivity index (χ1) is 4.35. The van der Waals surface area contributed by atoms with Crippen molar-refractivity contribution >= 4 is 5.96 Å². The number of hydrogen-bond donors (Lipinski definition) is 5. The molecule has 0 aromatic rings. The van der Waals surface area contributed by atoms with Crippen LogP contribution in [-0.4, -0.2) is 11.2 Å². The molecule has 0 fully saturated rings. The molecular formula is CH7N5O3. The van der Waals surface area contributed by atoms with E-state index in [1.165, 1.54) is 0 Å². The largest absolute Gasteiger partial charge is 0.408 e. The monoisotopic (exact) mass is 137 g/mol. The van der Waals surface area contributed by atoms with Crippen LogP contribution in [0.2, 0.25) is 0 Å². The molecule has 0 aromatic carbocycles. The van der Waals surface area contributed by atoms with Gasteiger partial charge in [0.2, 0.25) is 0 Å². The summed E-state index contributed by atoms with van der Waals surface area (Å²) in [7, 11) is 0. The molecule has 7 N–H and O–H groups in total. The van der Waals surface area contributed by atoms with Crippen LogP contribution in [-0.2, 0) is 9.88 Å². The Labute approximate surface area is 50.2 Å². The van der Waals surface area contributed by atoms with Crippen molar-refractivity contribution in [2.24, 2.45) is 16.9 Å². The third kappa shape index (κ3) is 3.49. The molecule has 0 spiro atoms. The van der Waals surface area contributed by atoms with Crippen molar-refractivity contribution < 1.29 is 15.1 Å². The van der Waals surface area contributed by atoms with Gasteiger partial charge in [-0.2, -0.15) is 21.7 Å². The third-order valence-electron chi connectivity index (χ3n) is 0.411. The predicted octanol–water partition coefficient (Wildman–Crippen LogP) is -2.48. The summed E-state index contributed by atoms with van der Waals surface area (Å²) < 4.78 is 0. The van der Waals surface area contributed by atoms with Crippen molar-refractivity contribution in [1.82, 2.24) is 11.0 Å². The van der Waals surface area contributed by atoms with E-state index in [1.807, 2.05) is 11.0 Å². The van der Waals surface area contributed by atoms with Crippen LogP contribution in [0, 0.1) is 0 Å². The summed E-state index contributed by atoms with van der Waals surface area (Å²) in [6.07, 6.45) is 0. The minimum Gasteiger partial charge on any atom is -0.408 e. The number of oxime groups is 1. The number of nitrogens with two attached hydrogens (primary N) is 2. The highest BCUT2D eigenvalue weighted by molar-refractivity contribution is 5.76. The molecule has 0 unspecified atom stereocenters. The van der Waals surface area contributed by atoms with Crippen molar-refractivity contribution in [3.63, 3.8) is 0 Å². The topological polar surface area (TPSA) is 127 Å². The van der Waals surface area contributed by atoms with E-state index in [1.54, 1.807) is 0 Å². The summed E-state index contributed by atoms with van der Waals surface area (Å²) >= 11 is 0. The fourth-order valence-corrected chi connectivity index (χ4v) is 0.173. The molecule has 8 nitrogen and oxygen atoms in total. The lowest BCUT2D eigenvalue weighted by Gasteiger charge is -2.02. The number of hydroxylamine groups is 2. The summed E-state index contributed by atoms with van der Waals surface area (Å²) in [4.78, 5) is 7.62. The molecule has 0 aromatic heterocycles. The first-order valence-electron chi connectivity index (χ1n) is 1.80. The van der Waals surface area contributed by atoms with Crippen molar-refractivity contribution in [2.45, 2.75) is 0 Å². The van der Waals surface area contributed by atoms with Crippen molar-refractivity contribution in [3.05, 3.63) is 0 Å². The standard InChI is InChI=1S/CH7N5O3/c2-8-5-1(4-7)6-9-3/h7H,2-3H2,(H2,4,5,6). The Balaban J connectivity index is 3.43. The summed E-state index contributed by atoms with van der Waals surface area (Å²) in [5.74, 6) is 8.73. The maximum atomic E-state index is 7.98. The molecule has 0 rings (SSSR count). The molecular weight excluding hydrogens is 130 g/mol. The van der Waals surface area contributed by atoms with Gasteiger partial charge >= 0.3 is 0 Å². The smallest absolute Gasteiger partial charge is 0.284 e. The van der Waals surface area contributed by atoms with Gasteiger partial charge in [0.1, 0.15) is 0 Å². The molecule has 0 saturated heterocycles. The van der Waals surface area contributed by atoms with E-state index in [2.05, 4.69) is 26.8 Å². The molecule has 0 aliphatic rings. The van der Waals surface area contributed by atoms with Gasteiger partial charge in [-0.05, 0) is 5.16 Å². The molecule has 54 valence electrons. The van der Waals surface area contributed by atoms with Crippen LogP contribution in [0.5, 0.6) is 0 Å². The average molecular weight is 137 g/mol. The highest BCUT2D eigenvalue weighted by Gasteiger charge is 1.93. The highest BCUT2D eigenvalue weighted by Crippen LogP contribution is 1.60. The number of nitrogens with zero attached hydrogens (tertiary/aromatic N) is 1. The summed E-state index contributed by atoms with van der Waals surface area (Å²) in [5, 5.41) is 10.5. The fraction of sp³-hybridized carbons (Fsp3) is 0. The minimum absolute atomic E-state index is 0.264. The van der Waals surface area contributed by atoms with Gasteiger partial charge < -0.3 is 5.21 Å². The van der Waals surface area contributed by atoms with Gasteiger partial charge in [-0.1, -0.05) is 0 Å². The van der Waals surface area contributed by atoms with Crippen molar-refractivity contribution in [3.8, 4) is 0 Å². The van der Waals surface area contributed by atoms with Crippen LogP contribution < -0.4 is 22.8 Å². The van der Waals surface area contributed by atoms with Crippen LogP contribution in [0.25, 0.3) is 0 Å². The Morgan fingerprint density at radius 1 is 1.33 bits per heavy atom. The number of nitrogens with one attached hydrogen (secondary N) is 2. The lowest BCUT2D eigenvalue weighted by atomic mass is 11.1. The van der Waals surface area contributed by atoms with Crippen LogP contribution in [0.3, 0.4) is 0 Å². The van der Waals surface area contributed by atoms with Gasteiger partial charge in [0.25, 0.3) is 5.96 Å². The van der Waals surface area contributed by atoms with E-state index < -0.39 is 0 Å². The van der Waals surface area contributed by atoms with E-state index in [4.69, 9.17) is 5.21 Å². The highest BCUT2D eigenvalue weighted by atomic mass is 16.8. The molecule has 0 amide bonds. The van der Waals surface area contributed by atoms with Gasteiger partial charge in [-0.15, -0.1) is 0 Å². The van der Waals surface area contributed by atoms with E-state index in [9.17, 15) is 0 Å². The average Bonchev–Trinajstić information content (AvgIpc) is 1.88. The van der Waals surface area contributed by atoms with Gasteiger partial charge in [0, 0.05) is 0 Å². The van der Waals surface area contributed by atoms with E-state index in [0.29, 0.717) is 0 Å². The molecule has 0 bridgehead atoms. The number of hydrogen-bond acceptors (Lipinski definition) is 6. The molecule has 0 saturated carbocycles. The first kappa shape index (κ1) is 7.91. The summed E-state index contributed by atoms with van der Waals surface area (Å²) in [6.45, 7) is 0. The molecule has 8 heteroatoms. The second kappa shape index (κ2) is 5.05. The normalized spacial score (nSPS) is 8.22. The predicted molar refractivity (Wildman–Crippen MR) is 26.0 cm³/mol. The van der Waals surface area contributed by atoms with Crippen LogP contribution in [0.1, 0.15) is 0 Å². The molecule has 0 atom stereocenters. The Hall–Kier alpha value is -1.09. The quantitative estimate of drug-likeness (QED) is 0.123. The van der Waals surface area contributed by atoms with Crippen LogP contribution >= 0.6 is 0 Å². The summed E-state index contributed by atoms with van der Waals surface area (Å²) in [5.41, 5.74) is 3.79. The fourth-order valence-electron chi connectivity index (χ4n) is 0.173. The van der Waals surface area contributed by atoms with Crippen molar-refractivity contribution in [2.75, 3.05) is 0 Å². The maximum Gasteiger partial charge on any atom is 0.284 e. The molecule has 9 heavy (non-hydrogen) atoms. The van der Waals surface area contributed by atoms with Crippen LogP contribution in [0.15, 0.2) is 5.16 Å². The zero-order chi connectivity index (χ0) is 7.11. The van der Waals surface area contributed by atoms with Gasteiger partial charge in [0.05, 0.1) is 0 Å². The van der Waals surface area contributed by atoms with Gasteiger partial charge in [0.15, 0.2) is 0 Å². The Kier molecular flexibility index (Phi) is 4.44. The van der Waals surface area contributed by atoms with E-state index in [-0.39, 0.29) is 5.96 Å². The van der Waals surface area contributed by atoms with Gasteiger partial charge in [-0.25, -0.2) is 11.0 Å². The summed E-state index contributed by atoms with van der Waals surface area (Å²) in [6, 6.07) is 0. The lowest BCUT2D eigenvalue weighted by molar-refractivity contribution is 0.0426. The third-order valence-corrected chi connectivity index (χ3v) is 0.411. The maximum absolute atomic E-state index is 7.98. The number of rotatable bonds is 2. The zero-order valence-corrected chi connectivity index (χ0v) is 4.37. The second-order valence-corrected chi connectivity index (χ2v) is 0.888.